The van der Waals surface area contributed by atoms with Crippen LogP contribution in [-0.2, 0) is 16.4 Å². The van der Waals surface area contributed by atoms with Crippen molar-refractivity contribution in [3.63, 3.8) is 0 Å². The van der Waals surface area contributed by atoms with Gasteiger partial charge in [0.15, 0.2) is 9.84 Å². The monoisotopic (exact) mass is 381 g/mol. The van der Waals surface area contributed by atoms with Crippen molar-refractivity contribution in [2.24, 2.45) is 0 Å². The van der Waals surface area contributed by atoms with Gasteiger partial charge in [-0.2, -0.15) is 5.10 Å². The number of nitrogens with one attached hydrogen (secondary N) is 1. The number of aryl methyl sites for hydroxylation is 1. The first kappa shape index (κ1) is 17.9. The largest absolute Gasteiger partial charge is 0.348 e. The fraction of sp³-hybridized carbons (Fsp3) is 0.412. The standard InChI is InChI=1S/C17H20ClN3O3S/c1-11-16(17(22)19-9-13-5-3-4-6-15(13)18)12(2)21(20-11)14-7-8-25(23,24)10-14/h3-6,14H,7-10H2,1-2H3,(H,19,22)/t14-/m0/s1. The van der Waals surface area contributed by atoms with Crippen LogP contribution in [0.5, 0.6) is 0 Å². The molecule has 1 N–H and O–H groups in total. The zero-order valence-electron chi connectivity index (χ0n) is 14.1. The summed E-state index contributed by atoms with van der Waals surface area (Å²) in [4.78, 5) is 12.6. The number of nitrogens with zero attached hydrogens (tertiary/aromatic N) is 2. The number of benzene rings is 1. The van der Waals surface area contributed by atoms with Gasteiger partial charge in [-0.25, -0.2) is 8.42 Å². The van der Waals surface area contributed by atoms with Gasteiger partial charge in [-0.15, -0.1) is 0 Å². The highest BCUT2D eigenvalue weighted by Gasteiger charge is 2.32. The number of halogens is 1. The molecule has 1 aromatic heterocycles. The van der Waals surface area contributed by atoms with Gasteiger partial charge < -0.3 is 5.32 Å². The lowest BCUT2D eigenvalue weighted by Crippen LogP contribution is -2.24. The van der Waals surface area contributed by atoms with E-state index in [2.05, 4.69) is 10.4 Å². The van der Waals surface area contributed by atoms with Crippen LogP contribution in [0.3, 0.4) is 0 Å². The SMILES string of the molecule is Cc1nn([C@H]2CCS(=O)(=O)C2)c(C)c1C(=O)NCc1ccccc1Cl. The van der Waals surface area contributed by atoms with Gasteiger partial charge in [-0.3, -0.25) is 9.48 Å². The molecule has 1 fully saturated rings. The van der Waals surface area contributed by atoms with E-state index in [9.17, 15) is 13.2 Å². The van der Waals surface area contributed by atoms with E-state index in [1.54, 1.807) is 24.6 Å². The van der Waals surface area contributed by atoms with E-state index in [0.717, 1.165) is 5.56 Å². The lowest BCUT2D eigenvalue weighted by Gasteiger charge is -2.11. The van der Waals surface area contributed by atoms with E-state index >= 15 is 0 Å². The first-order valence-electron chi connectivity index (χ1n) is 8.06. The van der Waals surface area contributed by atoms with Crippen LogP contribution >= 0.6 is 11.6 Å². The molecule has 0 unspecified atom stereocenters. The fourth-order valence-electron chi connectivity index (χ4n) is 3.22. The summed E-state index contributed by atoms with van der Waals surface area (Å²) in [5.41, 5.74) is 2.62. The van der Waals surface area contributed by atoms with Crippen LogP contribution < -0.4 is 5.32 Å². The molecule has 1 atom stereocenters. The van der Waals surface area contributed by atoms with Crippen molar-refractivity contribution < 1.29 is 13.2 Å². The van der Waals surface area contributed by atoms with Gasteiger partial charge in [0.1, 0.15) is 0 Å². The maximum absolute atomic E-state index is 12.6. The lowest BCUT2D eigenvalue weighted by atomic mass is 10.1. The molecule has 0 aliphatic carbocycles. The van der Waals surface area contributed by atoms with E-state index in [1.807, 2.05) is 18.2 Å². The molecular formula is C17H20ClN3O3S. The van der Waals surface area contributed by atoms with Crippen molar-refractivity contribution in [3.8, 4) is 0 Å². The Balaban J connectivity index is 1.78. The van der Waals surface area contributed by atoms with E-state index in [-0.39, 0.29) is 23.5 Å². The molecule has 0 bridgehead atoms. The second-order valence-electron chi connectivity index (χ2n) is 6.32. The summed E-state index contributed by atoms with van der Waals surface area (Å²) in [5.74, 6) is 0.0155. The van der Waals surface area contributed by atoms with Crippen LogP contribution in [0, 0.1) is 13.8 Å². The number of carbonyl (C=O) groups excluding carboxylic acids is 1. The Labute approximate surface area is 152 Å². The zero-order valence-corrected chi connectivity index (χ0v) is 15.7. The first-order valence-corrected chi connectivity index (χ1v) is 10.3. The Kier molecular flexibility index (Phi) is 4.88. The minimum atomic E-state index is -3.01. The Bertz CT molecular complexity index is 921. The molecule has 1 aliphatic rings. The van der Waals surface area contributed by atoms with Crippen molar-refractivity contribution in [1.29, 1.82) is 0 Å². The second kappa shape index (κ2) is 6.80. The number of hydrogen-bond donors (Lipinski definition) is 1. The van der Waals surface area contributed by atoms with Crippen LogP contribution in [0.25, 0.3) is 0 Å². The minimum Gasteiger partial charge on any atom is -0.348 e. The number of amides is 1. The number of hydrogen-bond acceptors (Lipinski definition) is 4. The molecule has 0 spiro atoms. The molecule has 8 heteroatoms. The van der Waals surface area contributed by atoms with Gasteiger partial charge in [0.05, 0.1) is 28.8 Å². The molecule has 1 aromatic carbocycles. The van der Waals surface area contributed by atoms with E-state index in [0.29, 0.717) is 34.9 Å². The van der Waals surface area contributed by atoms with E-state index in [4.69, 9.17) is 11.6 Å². The van der Waals surface area contributed by atoms with Crippen molar-refractivity contribution in [3.05, 3.63) is 51.8 Å². The highest BCUT2D eigenvalue weighted by molar-refractivity contribution is 7.91. The van der Waals surface area contributed by atoms with E-state index in [1.165, 1.54) is 0 Å². The maximum atomic E-state index is 12.6. The molecule has 134 valence electrons. The quantitative estimate of drug-likeness (QED) is 0.881. The van der Waals surface area contributed by atoms with Gasteiger partial charge in [0, 0.05) is 17.3 Å². The van der Waals surface area contributed by atoms with Gasteiger partial charge in [-0.1, -0.05) is 29.8 Å². The average Bonchev–Trinajstić information content (AvgIpc) is 3.05. The molecule has 1 amide bonds. The summed E-state index contributed by atoms with van der Waals surface area (Å²) in [6.45, 7) is 3.88. The van der Waals surface area contributed by atoms with E-state index < -0.39 is 9.84 Å². The van der Waals surface area contributed by atoms with Crippen molar-refractivity contribution in [2.75, 3.05) is 11.5 Å². The second-order valence-corrected chi connectivity index (χ2v) is 8.96. The molecule has 2 heterocycles. The number of aromatic nitrogens is 2. The topological polar surface area (TPSA) is 81.1 Å². The normalized spacial score (nSPS) is 19.1. The molecule has 3 rings (SSSR count). The van der Waals surface area contributed by atoms with Crippen LogP contribution in [0.15, 0.2) is 24.3 Å². The summed E-state index contributed by atoms with van der Waals surface area (Å²) in [5, 5.41) is 7.88. The Morgan fingerprint density at radius 1 is 1.36 bits per heavy atom. The predicted molar refractivity (Wildman–Crippen MR) is 96.6 cm³/mol. The third-order valence-electron chi connectivity index (χ3n) is 4.50. The van der Waals surface area contributed by atoms with Crippen LogP contribution in [-0.4, -0.2) is 35.6 Å². The fourth-order valence-corrected chi connectivity index (χ4v) is 5.12. The van der Waals surface area contributed by atoms with Crippen LogP contribution in [0.4, 0.5) is 0 Å². The van der Waals surface area contributed by atoms with Crippen LogP contribution in [0.1, 0.15) is 39.8 Å². The maximum Gasteiger partial charge on any atom is 0.255 e. The van der Waals surface area contributed by atoms with Crippen molar-refractivity contribution >= 4 is 27.3 Å². The highest BCUT2D eigenvalue weighted by Crippen LogP contribution is 2.26. The zero-order chi connectivity index (χ0) is 18.2. The number of sulfone groups is 1. The highest BCUT2D eigenvalue weighted by atomic mass is 35.5. The van der Waals surface area contributed by atoms with Crippen molar-refractivity contribution in [1.82, 2.24) is 15.1 Å². The van der Waals surface area contributed by atoms with Gasteiger partial charge in [0.25, 0.3) is 5.91 Å². The summed E-state index contributed by atoms with van der Waals surface area (Å²) in [6.07, 6.45) is 0.533. The minimum absolute atomic E-state index is 0.0790. The third kappa shape index (κ3) is 3.72. The summed E-state index contributed by atoms with van der Waals surface area (Å²) >= 11 is 6.11. The summed E-state index contributed by atoms with van der Waals surface area (Å²) in [7, 11) is -3.01. The Morgan fingerprint density at radius 2 is 2.08 bits per heavy atom. The Morgan fingerprint density at radius 3 is 2.72 bits per heavy atom. The number of rotatable bonds is 4. The van der Waals surface area contributed by atoms with Gasteiger partial charge >= 0.3 is 0 Å². The van der Waals surface area contributed by atoms with Crippen molar-refractivity contribution in [2.45, 2.75) is 32.9 Å². The molecule has 2 aromatic rings. The predicted octanol–water partition coefficient (Wildman–Crippen LogP) is 2.44. The third-order valence-corrected chi connectivity index (χ3v) is 6.62. The molecule has 1 aliphatic heterocycles. The molecule has 1 saturated heterocycles. The molecule has 0 saturated carbocycles. The summed E-state index contributed by atoms with van der Waals surface area (Å²) in [6, 6.07) is 7.13. The van der Waals surface area contributed by atoms with Crippen LogP contribution in [0.2, 0.25) is 5.02 Å². The van der Waals surface area contributed by atoms with Gasteiger partial charge in [-0.05, 0) is 31.9 Å². The molecule has 25 heavy (non-hydrogen) atoms. The lowest BCUT2D eigenvalue weighted by molar-refractivity contribution is 0.0949. The molecule has 0 radical (unpaired) electrons. The summed E-state index contributed by atoms with van der Waals surface area (Å²) < 4.78 is 25.1. The molecular weight excluding hydrogens is 362 g/mol. The Hall–Kier alpha value is -1.86. The average molecular weight is 382 g/mol. The smallest absolute Gasteiger partial charge is 0.255 e. The molecule has 6 nitrogen and oxygen atoms in total. The first-order chi connectivity index (χ1) is 11.8. The van der Waals surface area contributed by atoms with Gasteiger partial charge in [0.2, 0.25) is 0 Å². The number of carbonyl (C=O) groups is 1.